The van der Waals surface area contributed by atoms with Crippen LogP contribution in [0, 0.1) is 0 Å². The van der Waals surface area contributed by atoms with Gasteiger partial charge in [-0.2, -0.15) is 0 Å². The van der Waals surface area contributed by atoms with Crippen LogP contribution in [0.2, 0.25) is 10.0 Å². The summed E-state index contributed by atoms with van der Waals surface area (Å²) in [6.45, 7) is 3.07. The zero-order valence-electron chi connectivity index (χ0n) is 18.5. The van der Waals surface area contributed by atoms with E-state index in [1.165, 1.54) is 0 Å². The summed E-state index contributed by atoms with van der Waals surface area (Å²) in [4.78, 5) is 35.1. The van der Waals surface area contributed by atoms with E-state index in [9.17, 15) is 9.59 Å². The minimum Gasteiger partial charge on any atom is -0.383 e. The molecule has 1 aliphatic heterocycles. The number of H-pyrrole nitrogens is 1. The summed E-state index contributed by atoms with van der Waals surface area (Å²) < 4.78 is 5.24. The molecule has 174 valence electrons. The number of nitrogens with one attached hydrogen (secondary N) is 2. The van der Waals surface area contributed by atoms with Crippen LogP contribution in [0.1, 0.15) is 47.6 Å². The first-order valence-electron chi connectivity index (χ1n) is 10.9. The highest BCUT2D eigenvalue weighted by Gasteiger charge is 2.30. The number of aromatic amines is 1. The van der Waals surface area contributed by atoms with Crippen LogP contribution < -0.4 is 5.32 Å². The van der Waals surface area contributed by atoms with E-state index in [1.54, 1.807) is 37.4 Å². The Morgan fingerprint density at radius 3 is 2.85 bits per heavy atom. The van der Waals surface area contributed by atoms with E-state index in [-0.39, 0.29) is 30.3 Å². The third kappa shape index (κ3) is 5.32. The summed E-state index contributed by atoms with van der Waals surface area (Å²) in [6, 6.07) is 10.3. The van der Waals surface area contributed by atoms with Crippen molar-refractivity contribution in [2.75, 3.05) is 20.3 Å². The van der Waals surface area contributed by atoms with E-state index >= 15 is 0 Å². The molecule has 2 heterocycles. The van der Waals surface area contributed by atoms with Gasteiger partial charge in [0.15, 0.2) is 0 Å². The van der Waals surface area contributed by atoms with Crippen molar-refractivity contribution in [2.24, 2.45) is 0 Å². The topological polar surface area (TPSA) is 87.3 Å². The van der Waals surface area contributed by atoms with Gasteiger partial charge in [0.05, 0.1) is 46.7 Å². The minimum absolute atomic E-state index is 0.0692. The highest BCUT2D eigenvalue weighted by molar-refractivity contribution is 6.34. The largest absolute Gasteiger partial charge is 0.383 e. The summed E-state index contributed by atoms with van der Waals surface area (Å²) in [7, 11) is 1.64. The number of rotatable bonds is 7. The van der Waals surface area contributed by atoms with Crippen molar-refractivity contribution >= 4 is 46.0 Å². The number of methoxy groups -OCH3 is 1. The third-order valence-corrected chi connectivity index (χ3v) is 6.42. The van der Waals surface area contributed by atoms with Gasteiger partial charge >= 0.3 is 0 Å². The Labute approximate surface area is 202 Å². The van der Waals surface area contributed by atoms with E-state index in [4.69, 9.17) is 27.9 Å². The number of imidazole rings is 1. The Balaban J connectivity index is 1.39. The Kier molecular flexibility index (Phi) is 7.22. The molecule has 0 saturated carbocycles. The monoisotopic (exact) mass is 488 g/mol. The van der Waals surface area contributed by atoms with Gasteiger partial charge in [-0.15, -0.1) is 0 Å². The van der Waals surface area contributed by atoms with E-state index < -0.39 is 0 Å². The van der Waals surface area contributed by atoms with Crippen LogP contribution in [0.4, 0.5) is 0 Å². The molecule has 1 aromatic heterocycles. The van der Waals surface area contributed by atoms with Crippen LogP contribution >= 0.6 is 23.2 Å². The number of hydrogen-bond donors (Lipinski definition) is 2. The van der Waals surface area contributed by atoms with Gasteiger partial charge < -0.3 is 19.9 Å². The Morgan fingerprint density at radius 2 is 2.09 bits per heavy atom. The van der Waals surface area contributed by atoms with Gasteiger partial charge in [0.2, 0.25) is 5.91 Å². The lowest BCUT2D eigenvalue weighted by atomic mass is 10.1. The Bertz CT molecular complexity index is 1180. The lowest BCUT2D eigenvalue weighted by Crippen LogP contribution is -2.38. The van der Waals surface area contributed by atoms with Crippen molar-refractivity contribution < 1.29 is 14.3 Å². The number of likely N-dealkylation sites (tertiary alicyclic amines) is 1. The number of amides is 2. The SMILES string of the molecule is COCC1CCCN1C(=O)c1ccc(CC(=O)NC(C)c2nc3ccc(Cl)cc3[nH]2)cc1Cl. The molecule has 0 bridgehead atoms. The van der Waals surface area contributed by atoms with Crippen molar-refractivity contribution in [3.8, 4) is 0 Å². The first kappa shape index (κ1) is 23.5. The molecule has 2 amide bonds. The fraction of sp³-hybridized carbons (Fsp3) is 0.375. The summed E-state index contributed by atoms with van der Waals surface area (Å²) >= 11 is 12.5. The number of hydrogen-bond acceptors (Lipinski definition) is 4. The first-order valence-corrected chi connectivity index (χ1v) is 11.6. The smallest absolute Gasteiger partial charge is 0.255 e. The zero-order chi connectivity index (χ0) is 23.5. The Morgan fingerprint density at radius 1 is 1.27 bits per heavy atom. The van der Waals surface area contributed by atoms with Gasteiger partial charge in [-0.05, 0) is 55.7 Å². The fourth-order valence-electron chi connectivity index (χ4n) is 4.22. The van der Waals surface area contributed by atoms with Crippen LogP contribution in [-0.2, 0) is 16.0 Å². The van der Waals surface area contributed by atoms with Crippen LogP contribution in [0.25, 0.3) is 11.0 Å². The van der Waals surface area contributed by atoms with Gasteiger partial charge in [0, 0.05) is 18.7 Å². The average Bonchev–Trinajstić information content (AvgIpc) is 3.40. The molecule has 4 rings (SSSR count). The number of carbonyl (C=O) groups is 2. The number of carbonyl (C=O) groups excluding carboxylic acids is 2. The molecule has 2 atom stereocenters. The predicted octanol–water partition coefficient (Wildman–Crippen LogP) is 4.54. The summed E-state index contributed by atoms with van der Waals surface area (Å²) in [5.74, 6) is 0.376. The van der Waals surface area contributed by atoms with Crippen LogP contribution in [0.15, 0.2) is 36.4 Å². The second-order valence-electron chi connectivity index (χ2n) is 8.31. The van der Waals surface area contributed by atoms with Gasteiger partial charge in [0.25, 0.3) is 5.91 Å². The second kappa shape index (κ2) is 10.1. The third-order valence-electron chi connectivity index (χ3n) is 5.88. The summed E-state index contributed by atoms with van der Waals surface area (Å²) in [6.07, 6.45) is 2.01. The molecule has 1 saturated heterocycles. The molecule has 1 aliphatic rings. The van der Waals surface area contributed by atoms with Crippen LogP contribution in [0.3, 0.4) is 0 Å². The fourth-order valence-corrected chi connectivity index (χ4v) is 4.67. The van der Waals surface area contributed by atoms with Crippen LogP contribution in [0.5, 0.6) is 0 Å². The first-order chi connectivity index (χ1) is 15.9. The minimum atomic E-state index is -0.312. The summed E-state index contributed by atoms with van der Waals surface area (Å²) in [5, 5.41) is 3.90. The van der Waals surface area contributed by atoms with Crippen molar-refractivity contribution in [2.45, 2.75) is 38.3 Å². The van der Waals surface area contributed by atoms with E-state index in [0.29, 0.717) is 34.6 Å². The van der Waals surface area contributed by atoms with Crippen LogP contribution in [-0.4, -0.2) is 53.0 Å². The molecule has 0 spiro atoms. The highest BCUT2D eigenvalue weighted by Crippen LogP contribution is 2.25. The molecule has 33 heavy (non-hydrogen) atoms. The van der Waals surface area contributed by atoms with Crippen molar-refractivity contribution in [1.29, 1.82) is 0 Å². The lowest BCUT2D eigenvalue weighted by molar-refractivity contribution is -0.121. The zero-order valence-corrected chi connectivity index (χ0v) is 20.0. The number of benzene rings is 2. The van der Waals surface area contributed by atoms with E-state index in [1.807, 2.05) is 17.9 Å². The van der Waals surface area contributed by atoms with Gasteiger partial charge in [-0.25, -0.2) is 4.98 Å². The number of nitrogens with zero attached hydrogens (tertiary/aromatic N) is 2. The molecule has 2 aromatic carbocycles. The van der Waals surface area contributed by atoms with E-state index in [0.717, 1.165) is 29.4 Å². The Hall–Kier alpha value is -2.61. The number of ether oxygens (including phenoxy) is 1. The molecule has 7 nitrogen and oxygen atoms in total. The van der Waals surface area contributed by atoms with Gasteiger partial charge in [0.1, 0.15) is 5.82 Å². The molecule has 2 unspecified atom stereocenters. The average molecular weight is 489 g/mol. The highest BCUT2D eigenvalue weighted by atomic mass is 35.5. The van der Waals surface area contributed by atoms with Crippen molar-refractivity contribution in [1.82, 2.24) is 20.2 Å². The lowest BCUT2D eigenvalue weighted by Gasteiger charge is -2.24. The predicted molar refractivity (Wildman–Crippen MR) is 129 cm³/mol. The van der Waals surface area contributed by atoms with Gasteiger partial charge in [-0.3, -0.25) is 9.59 Å². The molecular formula is C24H26Cl2N4O3. The number of aromatic nitrogens is 2. The molecule has 2 N–H and O–H groups in total. The number of fused-ring (bicyclic) bond motifs is 1. The molecule has 3 aromatic rings. The second-order valence-corrected chi connectivity index (χ2v) is 9.16. The number of halogens is 2. The van der Waals surface area contributed by atoms with Gasteiger partial charge in [-0.1, -0.05) is 29.3 Å². The molecule has 0 aliphatic carbocycles. The van der Waals surface area contributed by atoms with E-state index in [2.05, 4.69) is 15.3 Å². The maximum absolute atomic E-state index is 13.0. The molecular weight excluding hydrogens is 463 g/mol. The summed E-state index contributed by atoms with van der Waals surface area (Å²) in [5.41, 5.74) is 2.77. The molecule has 0 radical (unpaired) electrons. The standard InChI is InChI=1S/C24H26Cl2N4O3/c1-14(23-28-20-8-6-16(25)12-21(20)29-23)27-22(31)11-15-5-7-18(19(26)10-15)24(32)30-9-3-4-17(30)13-33-2/h5-8,10,12,14,17H,3-4,9,11,13H2,1-2H3,(H,27,31)(H,28,29). The van der Waals surface area contributed by atoms with Crippen molar-refractivity contribution in [3.63, 3.8) is 0 Å². The normalized spacial score (nSPS) is 16.8. The van der Waals surface area contributed by atoms with Crippen molar-refractivity contribution in [3.05, 3.63) is 63.4 Å². The maximum Gasteiger partial charge on any atom is 0.255 e. The molecule has 1 fully saturated rings. The molecule has 9 heteroatoms. The quantitative estimate of drug-likeness (QED) is 0.510. The maximum atomic E-state index is 13.0.